The van der Waals surface area contributed by atoms with E-state index in [1.165, 1.54) is 17.5 Å². The summed E-state index contributed by atoms with van der Waals surface area (Å²) in [6, 6.07) is 12.1. The summed E-state index contributed by atoms with van der Waals surface area (Å²) in [7, 11) is 0. The number of anilines is 2. The molecule has 0 amide bonds. The third-order valence-corrected chi connectivity index (χ3v) is 3.14. The van der Waals surface area contributed by atoms with Gasteiger partial charge >= 0.3 is 0 Å². The molecule has 21 heavy (non-hydrogen) atoms. The van der Waals surface area contributed by atoms with Crippen LogP contribution in [0, 0.1) is 13.8 Å². The Labute approximate surface area is 123 Å². The zero-order valence-corrected chi connectivity index (χ0v) is 12.0. The van der Waals surface area contributed by atoms with Gasteiger partial charge < -0.3 is 11.5 Å². The van der Waals surface area contributed by atoms with Crippen molar-refractivity contribution in [3.8, 4) is 11.1 Å². The van der Waals surface area contributed by atoms with E-state index < -0.39 is 0 Å². The highest BCUT2D eigenvalue weighted by atomic mass is 15.5. The molecular weight excluding hydrogens is 264 g/mol. The lowest BCUT2D eigenvalue weighted by atomic mass is 10.0. The normalized spacial score (nSPS) is 9.81. The van der Waals surface area contributed by atoms with E-state index in [-0.39, 0.29) is 0 Å². The number of hydrogen-bond donors (Lipinski definition) is 3. The number of rotatable bonds is 1. The van der Waals surface area contributed by atoms with Crippen molar-refractivity contribution in [2.75, 3.05) is 11.5 Å². The molecular formula is C15H18N6. The van der Waals surface area contributed by atoms with Crippen molar-refractivity contribution in [1.82, 2.24) is 20.6 Å². The predicted octanol–water partition coefficient (Wildman–Crippen LogP) is 2.33. The molecule has 0 saturated heterocycles. The highest BCUT2D eigenvalue weighted by Crippen LogP contribution is 2.25. The average molecular weight is 282 g/mol. The number of benzene rings is 2. The lowest BCUT2D eigenvalue weighted by molar-refractivity contribution is 0.881. The quantitative estimate of drug-likeness (QED) is 0.594. The van der Waals surface area contributed by atoms with Gasteiger partial charge in [-0.1, -0.05) is 17.3 Å². The number of nitrogens with one attached hydrogen (secondary N) is 1. The maximum Gasteiger partial charge on any atom is 0.161 e. The summed E-state index contributed by atoms with van der Waals surface area (Å²) in [5, 5.41) is 12.2. The highest BCUT2D eigenvalue weighted by molar-refractivity contribution is 5.70. The second-order valence-electron chi connectivity index (χ2n) is 4.70. The van der Waals surface area contributed by atoms with Gasteiger partial charge in [0.15, 0.2) is 6.33 Å². The SMILES string of the molecule is Cc1cc(-c2ccc(N)c(C)c2)ccc1N.c1nn[nH]n1. The number of tetrazole rings is 1. The van der Waals surface area contributed by atoms with Gasteiger partial charge in [0.1, 0.15) is 0 Å². The Morgan fingerprint density at radius 1 is 0.857 bits per heavy atom. The monoisotopic (exact) mass is 282 g/mol. The number of nitrogen functional groups attached to an aromatic ring is 2. The lowest BCUT2D eigenvalue weighted by Gasteiger charge is -2.07. The minimum absolute atomic E-state index is 0.830. The van der Waals surface area contributed by atoms with Crippen molar-refractivity contribution in [1.29, 1.82) is 0 Å². The molecule has 3 aromatic rings. The Balaban J connectivity index is 0.000000272. The van der Waals surface area contributed by atoms with Gasteiger partial charge in [-0.25, -0.2) is 0 Å². The van der Waals surface area contributed by atoms with Crippen molar-refractivity contribution in [2.24, 2.45) is 0 Å². The molecule has 0 spiro atoms. The molecule has 0 saturated carbocycles. The molecule has 0 aliphatic heterocycles. The molecule has 0 fully saturated rings. The van der Waals surface area contributed by atoms with Gasteiger partial charge in [0, 0.05) is 11.4 Å². The first-order chi connectivity index (χ1) is 10.1. The molecule has 0 unspecified atom stereocenters. The molecule has 6 heteroatoms. The number of aryl methyl sites for hydroxylation is 2. The second kappa shape index (κ2) is 6.51. The molecule has 0 aliphatic rings. The first-order valence-electron chi connectivity index (χ1n) is 6.47. The van der Waals surface area contributed by atoms with Crippen LogP contribution in [-0.2, 0) is 0 Å². The Morgan fingerprint density at radius 2 is 1.38 bits per heavy atom. The molecule has 0 atom stereocenters. The summed E-state index contributed by atoms with van der Waals surface area (Å²) in [6.45, 7) is 4.03. The average Bonchev–Trinajstić information content (AvgIpc) is 3.04. The van der Waals surface area contributed by atoms with Crippen LogP contribution in [0.4, 0.5) is 11.4 Å². The standard InChI is InChI=1S/C14H16N2.CH2N4/c1-9-7-11(3-5-13(9)15)12-4-6-14(16)10(2)8-12;1-2-4-5-3-1/h3-8H,15-16H2,1-2H3;1H,(H,2,3,4,5). The minimum atomic E-state index is 0.830. The van der Waals surface area contributed by atoms with Crippen LogP contribution in [0.1, 0.15) is 11.1 Å². The summed E-state index contributed by atoms with van der Waals surface area (Å²) in [5.74, 6) is 0. The predicted molar refractivity (Wildman–Crippen MR) is 84.4 cm³/mol. The van der Waals surface area contributed by atoms with E-state index in [2.05, 4.69) is 32.8 Å². The molecule has 1 aromatic heterocycles. The summed E-state index contributed by atoms with van der Waals surface area (Å²) >= 11 is 0. The van der Waals surface area contributed by atoms with E-state index in [0.29, 0.717) is 0 Å². The highest BCUT2D eigenvalue weighted by Gasteiger charge is 2.01. The molecule has 5 N–H and O–H groups in total. The largest absolute Gasteiger partial charge is 0.399 e. The van der Waals surface area contributed by atoms with Gasteiger partial charge in [-0.3, -0.25) is 0 Å². The fourth-order valence-electron chi connectivity index (χ4n) is 1.84. The first-order valence-corrected chi connectivity index (χ1v) is 6.47. The van der Waals surface area contributed by atoms with E-state index in [1.54, 1.807) is 0 Å². The fraction of sp³-hybridized carbons (Fsp3) is 0.133. The first kappa shape index (κ1) is 14.5. The van der Waals surface area contributed by atoms with Crippen LogP contribution in [-0.4, -0.2) is 20.6 Å². The van der Waals surface area contributed by atoms with Crippen molar-refractivity contribution < 1.29 is 0 Å². The molecule has 0 aliphatic carbocycles. The minimum Gasteiger partial charge on any atom is -0.399 e. The van der Waals surface area contributed by atoms with Crippen LogP contribution in [0.2, 0.25) is 0 Å². The molecule has 1 heterocycles. The van der Waals surface area contributed by atoms with Gasteiger partial charge in [-0.2, -0.15) is 5.21 Å². The zero-order valence-electron chi connectivity index (χ0n) is 12.0. The molecule has 2 aromatic carbocycles. The van der Waals surface area contributed by atoms with E-state index in [4.69, 9.17) is 11.5 Å². The molecule has 0 radical (unpaired) electrons. The Hall–Kier alpha value is -2.89. The van der Waals surface area contributed by atoms with Crippen LogP contribution < -0.4 is 11.5 Å². The summed E-state index contributed by atoms with van der Waals surface area (Å²) < 4.78 is 0. The maximum absolute atomic E-state index is 5.80. The third-order valence-electron chi connectivity index (χ3n) is 3.14. The summed E-state index contributed by atoms with van der Waals surface area (Å²) in [4.78, 5) is 0. The van der Waals surface area contributed by atoms with Crippen molar-refractivity contribution in [2.45, 2.75) is 13.8 Å². The van der Waals surface area contributed by atoms with E-state index in [9.17, 15) is 0 Å². The van der Waals surface area contributed by atoms with Gasteiger partial charge in [-0.15, -0.1) is 10.2 Å². The molecule has 0 bridgehead atoms. The molecule has 108 valence electrons. The molecule has 3 rings (SSSR count). The second-order valence-corrected chi connectivity index (χ2v) is 4.70. The van der Waals surface area contributed by atoms with Crippen LogP contribution in [0.5, 0.6) is 0 Å². The van der Waals surface area contributed by atoms with Crippen LogP contribution in [0.25, 0.3) is 11.1 Å². The van der Waals surface area contributed by atoms with Crippen LogP contribution in [0.15, 0.2) is 42.7 Å². The van der Waals surface area contributed by atoms with Crippen molar-refractivity contribution in [3.63, 3.8) is 0 Å². The van der Waals surface area contributed by atoms with Gasteiger partial charge in [0.25, 0.3) is 0 Å². The number of aromatic amines is 1. The van der Waals surface area contributed by atoms with E-state index in [1.807, 2.05) is 38.1 Å². The summed E-state index contributed by atoms with van der Waals surface area (Å²) in [6.07, 6.45) is 1.33. The van der Waals surface area contributed by atoms with Gasteiger partial charge in [-0.05, 0) is 60.4 Å². The topological polar surface area (TPSA) is 107 Å². The van der Waals surface area contributed by atoms with Crippen molar-refractivity contribution >= 4 is 11.4 Å². The number of nitrogens with two attached hydrogens (primary N) is 2. The lowest BCUT2D eigenvalue weighted by Crippen LogP contribution is -1.91. The Bertz CT molecular complexity index is 639. The third kappa shape index (κ3) is 3.79. The van der Waals surface area contributed by atoms with Crippen LogP contribution >= 0.6 is 0 Å². The number of H-pyrrole nitrogens is 1. The Morgan fingerprint density at radius 3 is 1.67 bits per heavy atom. The van der Waals surface area contributed by atoms with Crippen LogP contribution in [0.3, 0.4) is 0 Å². The smallest absolute Gasteiger partial charge is 0.161 e. The number of nitrogens with zero attached hydrogens (tertiary/aromatic N) is 3. The van der Waals surface area contributed by atoms with Crippen molar-refractivity contribution in [3.05, 3.63) is 53.9 Å². The number of hydrogen-bond acceptors (Lipinski definition) is 5. The van der Waals surface area contributed by atoms with Gasteiger partial charge in [0.05, 0.1) is 0 Å². The molecule has 6 nitrogen and oxygen atoms in total. The van der Waals surface area contributed by atoms with E-state index >= 15 is 0 Å². The fourth-order valence-corrected chi connectivity index (χ4v) is 1.84. The Kier molecular flexibility index (Phi) is 4.50. The summed E-state index contributed by atoms with van der Waals surface area (Å²) in [5.41, 5.74) is 17.8. The number of aromatic nitrogens is 4. The zero-order chi connectivity index (χ0) is 15.2. The maximum atomic E-state index is 5.80. The van der Waals surface area contributed by atoms with Gasteiger partial charge in [0.2, 0.25) is 0 Å². The van der Waals surface area contributed by atoms with E-state index in [0.717, 1.165) is 22.5 Å².